The van der Waals surface area contributed by atoms with E-state index >= 15 is 0 Å². The molecule has 0 heterocycles. The minimum atomic E-state index is -0.528. The van der Waals surface area contributed by atoms with E-state index in [1.807, 2.05) is 0 Å². The maximum Gasteiger partial charge on any atom is 0.306 e. The lowest BCUT2D eigenvalue weighted by Crippen LogP contribution is -2.30. The van der Waals surface area contributed by atoms with Gasteiger partial charge in [0.2, 0.25) is 0 Å². The fraction of sp³-hybridized carbons (Fsp3) is 0.872. The maximum absolute atomic E-state index is 12.6. The van der Waals surface area contributed by atoms with Crippen molar-refractivity contribution in [1.82, 2.24) is 0 Å². The first-order valence-electron chi connectivity index (χ1n) is 22.9. The molecular weight excluding hydrogens is 645 g/mol. The van der Waals surface area contributed by atoms with Crippen LogP contribution in [0.2, 0.25) is 0 Å². The van der Waals surface area contributed by atoms with Crippen LogP contribution in [0.25, 0.3) is 0 Å². The van der Waals surface area contributed by atoms with Crippen molar-refractivity contribution in [2.24, 2.45) is 0 Å². The van der Waals surface area contributed by atoms with E-state index in [2.05, 4.69) is 45.1 Å². The quantitative estimate of drug-likeness (QED) is 0.0355. The SMILES string of the molecule is CCCCC/C=C\C/C=C\CCCCCCCCCC(=O)OCC(COCCCCCCCCCCCCCC)OC(=O)CCCCCCCCC. The molecule has 0 saturated carbocycles. The number of hydrogen-bond donors (Lipinski definition) is 0. The van der Waals surface area contributed by atoms with E-state index in [0.717, 1.165) is 44.9 Å². The van der Waals surface area contributed by atoms with Crippen LogP contribution in [0, 0.1) is 0 Å². The van der Waals surface area contributed by atoms with Crippen molar-refractivity contribution in [1.29, 1.82) is 0 Å². The monoisotopic (exact) mass is 733 g/mol. The first-order chi connectivity index (χ1) is 25.6. The van der Waals surface area contributed by atoms with Crippen molar-refractivity contribution in [2.45, 2.75) is 245 Å². The summed E-state index contributed by atoms with van der Waals surface area (Å²) in [5, 5.41) is 0. The zero-order valence-electron chi connectivity index (χ0n) is 35.1. The molecule has 0 aromatic carbocycles. The molecule has 0 amide bonds. The number of ether oxygens (including phenoxy) is 3. The van der Waals surface area contributed by atoms with Gasteiger partial charge >= 0.3 is 11.9 Å². The third-order valence-electron chi connectivity index (χ3n) is 9.99. The molecule has 0 aromatic rings. The Morgan fingerprint density at radius 1 is 0.423 bits per heavy atom. The number of carbonyl (C=O) groups excluding carboxylic acids is 2. The first kappa shape index (κ1) is 50.4. The van der Waals surface area contributed by atoms with Crippen LogP contribution < -0.4 is 0 Å². The van der Waals surface area contributed by atoms with Gasteiger partial charge in [0.05, 0.1) is 6.61 Å². The fourth-order valence-electron chi connectivity index (χ4n) is 6.54. The Bertz CT molecular complexity index is 791. The molecule has 1 unspecified atom stereocenters. The van der Waals surface area contributed by atoms with Crippen LogP contribution in [0.5, 0.6) is 0 Å². The second-order valence-corrected chi connectivity index (χ2v) is 15.3. The molecule has 0 saturated heterocycles. The smallest absolute Gasteiger partial charge is 0.306 e. The van der Waals surface area contributed by atoms with Crippen molar-refractivity contribution in [3.63, 3.8) is 0 Å². The van der Waals surface area contributed by atoms with Gasteiger partial charge < -0.3 is 14.2 Å². The summed E-state index contributed by atoms with van der Waals surface area (Å²) in [6.07, 6.45) is 48.9. The highest BCUT2D eigenvalue weighted by Gasteiger charge is 2.17. The molecule has 0 aliphatic carbocycles. The maximum atomic E-state index is 12.6. The van der Waals surface area contributed by atoms with E-state index in [4.69, 9.17) is 14.2 Å². The molecule has 0 aliphatic heterocycles. The van der Waals surface area contributed by atoms with Crippen LogP contribution in [0.3, 0.4) is 0 Å². The van der Waals surface area contributed by atoms with Crippen LogP contribution in [0.1, 0.15) is 239 Å². The Morgan fingerprint density at radius 2 is 0.808 bits per heavy atom. The van der Waals surface area contributed by atoms with Gasteiger partial charge in [-0.2, -0.15) is 0 Å². The van der Waals surface area contributed by atoms with Gasteiger partial charge in [-0.1, -0.05) is 199 Å². The average Bonchev–Trinajstić information content (AvgIpc) is 3.14. The van der Waals surface area contributed by atoms with E-state index < -0.39 is 6.10 Å². The Hall–Kier alpha value is -1.62. The molecular formula is C47H88O5. The molecule has 0 N–H and O–H groups in total. The van der Waals surface area contributed by atoms with Gasteiger partial charge in [-0.05, 0) is 51.4 Å². The van der Waals surface area contributed by atoms with E-state index in [-0.39, 0.29) is 18.5 Å². The Labute approximate surface area is 324 Å². The summed E-state index contributed by atoms with van der Waals surface area (Å²) in [7, 11) is 0. The normalized spacial score (nSPS) is 12.3. The third-order valence-corrected chi connectivity index (χ3v) is 9.99. The van der Waals surface area contributed by atoms with Gasteiger partial charge in [-0.15, -0.1) is 0 Å². The molecule has 52 heavy (non-hydrogen) atoms. The van der Waals surface area contributed by atoms with E-state index in [1.165, 1.54) is 161 Å². The molecule has 0 aliphatic rings. The fourth-order valence-corrected chi connectivity index (χ4v) is 6.54. The lowest BCUT2D eigenvalue weighted by molar-refractivity contribution is -0.163. The topological polar surface area (TPSA) is 61.8 Å². The van der Waals surface area contributed by atoms with Gasteiger partial charge in [-0.25, -0.2) is 0 Å². The Balaban J connectivity index is 4.12. The standard InChI is InChI=1S/C47H88O5/c1-4-7-10-13-16-18-20-22-23-24-25-26-27-29-32-34-37-40-46(48)51-44-45(52-47(49)41-38-35-31-15-12-9-6-3)43-50-42-39-36-33-30-28-21-19-17-14-11-8-5-2/h16,18,22-23,45H,4-15,17,19-21,24-44H2,1-3H3/b18-16-,23-22-. The minimum absolute atomic E-state index is 0.0870. The molecule has 0 rings (SSSR count). The van der Waals surface area contributed by atoms with Gasteiger partial charge in [-0.3, -0.25) is 9.59 Å². The molecule has 0 radical (unpaired) electrons. The minimum Gasteiger partial charge on any atom is -0.462 e. The number of carbonyl (C=O) groups is 2. The molecule has 0 spiro atoms. The van der Waals surface area contributed by atoms with Crippen LogP contribution in [0.4, 0.5) is 0 Å². The van der Waals surface area contributed by atoms with Gasteiger partial charge in [0.15, 0.2) is 6.10 Å². The van der Waals surface area contributed by atoms with Gasteiger partial charge in [0.25, 0.3) is 0 Å². The summed E-state index contributed by atoms with van der Waals surface area (Å²) in [5.41, 5.74) is 0. The number of unbranched alkanes of at least 4 members (excludes halogenated alkanes) is 27. The molecule has 5 nitrogen and oxygen atoms in total. The van der Waals surface area contributed by atoms with Crippen molar-refractivity contribution in [2.75, 3.05) is 19.8 Å². The summed E-state index contributed by atoms with van der Waals surface area (Å²) in [6.45, 7) is 7.79. The summed E-state index contributed by atoms with van der Waals surface area (Å²) < 4.78 is 17.3. The highest BCUT2D eigenvalue weighted by Crippen LogP contribution is 2.14. The van der Waals surface area contributed by atoms with Crippen molar-refractivity contribution >= 4 is 11.9 Å². The molecule has 306 valence electrons. The molecule has 0 aromatic heterocycles. The van der Waals surface area contributed by atoms with Crippen molar-refractivity contribution in [3.8, 4) is 0 Å². The van der Waals surface area contributed by atoms with Crippen LogP contribution in [-0.2, 0) is 23.8 Å². The Morgan fingerprint density at radius 3 is 1.31 bits per heavy atom. The predicted octanol–water partition coefficient (Wildman–Crippen LogP) is 14.9. The summed E-state index contributed by atoms with van der Waals surface area (Å²) >= 11 is 0. The lowest BCUT2D eigenvalue weighted by Gasteiger charge is -2.18. The number of hydrogen-bond acceptors (Lipinski definition) is 5. The average molecular weight is 733 g/mol. The predicted molar refractivity (Wildman–Crippen MR) is 224 cm³/mol. The zero-order valence-corrected chi connectivity index (χ0v) is 35.1. The van der Waals surface area contributed by atoms with Crippen LogP contribution in [0.15, 0.2) is 24.3 Å². The van der Waals surface area contributed by atoms with E-state index in [1.54, 1.807) is 0 Å². The molecule has 1 atom stereocenters. The first-order valence-corrected chi connectivity index (χ1v) is 22.9. The summed E-state index contributed by atoms with van der Waals surface area (Å²) in [5.74, 6) is -0.401. The highest BCUT2D eigenvalue weighted by molar-refractivity contribution is 5.70. The van der Waals surface area contributed by atoms with Crippen molar-refractivity contribution in [3.05, 3.63) is 24.3 Å². The Kier molecular flexibility index (Phi) is 42.4. The number of rotatable bonds is 42. The van der Waals surface area contributed by atoms with Crippen molar-refractivity contribution < 1.29 is 23.8 Å². The van der Waals surface area contributed by atoms with Crippen LogP contribution >= 0.6 is 0 Å². The van der Waals surface area contributed by atoms with Crippen LogP contribution in [-0.4, -0.2) is 37.9 Å². The third kappa shape index (κ3) is 41.1. The second-order valence-electron chi connectivity index (χ2n) is 15.3. The second kappa shape index (κ2) is 43.8. The largest absolute Gasteiger partial charge is 0.462 e. The highest BCUT2D eigenvalue weighted by atomic mass is 16.6. The van der Waals surface area contributed by atoms with E-state index in [0.29, 0.717) is 26.1 Å². The summed E-state index contributed by atoms with van der Waals surface area (Å²) in [4.78, 5) is 25.1. The molecule has 5 heteroatoms. The van der Waals surface area contributed by atoms with E-state index in [9.17, 15) is 9.59 Å². The molecule has 0 bridgehead atoms. The van der Waals surface area contributed by atoms with Gasteiger partial charge in [0, 0.05) is 19.4 Å². The number of esters is 2. The summed E-state index contributed by atoms with van der Waals surface area (Å²) in [6, 6.07) is 0. The van der Waals surface area contributed by atoms with Gasteiger partial charge in [0.1, 0.15) is 6.61 Å². The zero-order chi connectivity index (χ0) is 37.8. The molecule has 0 fully saturated rings. The number of allylic oxidation sites excluding steroid dienone is 4. The lowest BCUT2D eigenvalue weighted by atomic mass is 10.1.